The first-order chi connectivity index (χ1) is 10.1. The number of piperazine rings is 1. The van der Waals surface area contributed by atoms with E-state index in [4.69, 9.17) is 11.6 Å². The first kappa shape index (κ1) is 17.2. The Labute approximate surface area is 143 Å². The molecule has 118 valence electrons. The van der Waals surface area contributed by atoms with Gasteiger partial charge < -0.3 is 10.2 Å². The zero-order valence-corrected chi connectivity index (χ0v) is 14.0. The van der Waals surface area contributed by atoms with E-state index in [2.05, 4.69) is 5.32 Å². The average molecular weight is 361 g/mol. The van der Waals surface area contributed by atoms with E-state index in [9.17, 15) is 9.18 Å². The quantitative estimate of drug-likeness (QED) is 0.884. The molecule has 1 fully saturated rings. The van der Waals surface area contributed by atoms with E-state index in [1.54, 1.807) is 23.1 Å². The van der Waals surface area contributed by atoms with Crippen LogP contribution in [0.15, 0.2) is 36.4 Å². The van der Waals surface area contributed by atoms with Crippen molar-refractivity contribution in [2.75, 3.05) is 19.6 Å². The third-order valence-corrected chi connectivity index (χ3v) is 4.74. The Bertz CT molecular complexity index is 664. The fraction of sp³-hybridized carbons (Fsp3) is 0.267. The molecular formula is C15H15Cl2FN2OS. The summed E-state index contributed by atoms with van der Waals surface area (Å²) in [6.07, 6.45) is 0. The molecule has 2 heterocycles. The summed E-state index contributed by atoms with van der Waals surface area (Å²) in [5, 5.41) is 3.26. The Hall–Kier alpha value is -1.14. The second-order valence-electron chi connectivity index (χ2n) is 4.88. The van der Waals surface area contributed by atoms with Gasteiger partial charge in [0.15, 0.2) is 0 Å². The highest BCUT2D eigenvalue weighted by molar-refractivity contribution is 7.17. The Morgan fingerprint density at radius 3 is 2.86 bits per heavy atom. The second-order valence-corrected chi connectivity index (χ2v) is 6.59. The Morgan fingerprint density at radius 2 is 2.18 bits per heavy atom. The molecule has 0 spiro atoms. The Morgan fingerprint density at radius 1 is 1.36 bits per heavy atom. The SMILES string of the molecule is Cl.O=C(c1ccc(Cl)s1)N1CCNCC1c1cccc(F)c1. The number of nitrogens with one attached hydrogen (secondary N) is 1. The summed E-state index contributed by atoms with van der Waals surface area (Å²) in [4.78, 5) is 15.0. The van der Waals surface area contributed by atoms with Crippen molar-refractivity contribution < 1.29 is 9.18 Å². The predicted molar refractivity (Wildman–Crippen MR) is 89.6 cm³/mol. The Kier molecular flexibility index (Phi) is 5.81. The number of rotatable bonds is 2. The summed E-state index contributed by atoms with van der Waals surface area (Å²) in [6.45, 7) is 1.94. The zero-order valence-electron chi connectivity index (χ0n) is 11.6. The Balaban J connectivity index is 0.00000176. The zero-order chi connectivity index (χ0) is 14.8. The van der Waals surface area contributed by atoms with Gasteiger partial charge in [-0.2, -0.15) is 0 Å². The summed E-state index contributed by atoms with van der Waals surface area (Å²) >= 11 is 7.17. The third-order valence-electron chi connectivity index (χ3n) is 3.52. The molecule has 0 saturated carbocycles. The number of benzene rings is 1. The molecule has 2 aromatic rings. The van der Waals surface area contributed by atoms with Gasteiger partial charge >= 0.3 is 0 Å². The van der Waals surface area contributed by atoms with E-state index in [0.29, 0.717) is 22.3 Å². The van der Waals surface area contributed by atoms with Gasteiger partial charge in [-0.05, 0) is 29.8 Å². The van der Waals surface area contributed by atoms with E-state index >= 15 is 0 Å². The van der Waals surface area contributed by atoms with Crippen LogP contribution in [0.25, 0.3) is 0 Å². The molecule has 7 heteroatoms. The van der Waals surface area contributed by atoms with Gasteiger partial charge in [-0.15, -0.1) is 23.7 Å². The predicted octanol–water partition coefficient (Wildman–Crippen LogP) is 3.75. The second kappa shape index (κ2) is 7.42. The number of carbonyl (C=O) groups is 1. The molecule has 1 aliphatic heterocycles. The van der Waals surface area contributed by atoms with Crippen molar-refractivity contribution in [3.63, 3.8) is 0 Å². The molecule has 22 heavy (non-hydrogen) atoms. The minimum atomic E-state index is -0.287. The molecule has 1 aromatic heterocycles. The van der Waals surface area contributed by atoms with Crippen molar-refractivity contribution in [2.24, 2.45) is 0 Å². The van der Waals surface area contributed by atoms with Crippen molar-refractivity contribution in [1.82, 2.24) is 10.2 Å². The van der Waals surface area contributed by atoms with Crippen LogP contribution in [-0.4, -0.2) is 30.4 Å². The van der Waals surface area contributed by atoms with E-state index < -0.39 is 0 Å². The van der Waals surface area contributed by atoms with Gasteiger partial charge in [0.2, 0.25) is 0 Å². The van der Waals surface area contributed by atoms with Gasteiger partial charge in [0.05, 0.1) is 15.3 Å². The largest absolute Gasteiger partial charge is 0.328 e. The van der Waals surface area contributed by atoms with Crippen molar-refractivity contribution in [1.29, 1.82) is 0 Å². The van der Waals surface area contributed by atoms with E-state index in [0.717, 1.165) is 12.1 Å². The van der Waals surface area contributed by atoms with Crippen LogP contribution < -0.4 is 5.32 Å². The van der Waals surface area contributed by atoms with E-state index in [1.165, 1.54) is 23.5 Å². The number of carbonyl (C=O) groups excluding carboxylic acids is 1. The highest BCUT2D eigenvalue weighted by Crippen LogP contribution is 2.28. The first-order valence-corrected chi connectivity index (χ1v) is 7.87. The van der Waals surface area contributed by atoms with Gasteiger partial charge in [0.25, 0.3) is 5.91 Å². The number of hydrogen-bond acceptors (Lipinski definition) is 3. The lowest BCUT2D eigenvalue weighted by atomic mass is 10.0. The smallest absolute Gasteiger partial charge is 0.264 e. The number of hydrogen-bond donors (Lipinski definition) is 1. The van der Waals surface area contributed by atoms with Gasteiger partial charge in [-0.3, -0.25) is 4.79 Å². The van der Waals surface area contributed by atoms with Gasteiger partial charge in [0.1, 0.15) is 5.82 Å². The van der Waals surface area contributed by atoms with Gasteiger partial charge in [0, 0.05) is 19.6 Å². The first-order valence-electron chi connectivity index (χ1n) is 6.67. The molecule has 1 saturated heterocycles. The van der Waals surface area contributed by atoms with Crippen LogP contribution in [0, 0.1) is 5.82 Å². The molecule has 1 atom stereocenters. The van der Waals surface area contributed by atoms with Crippen LogP contribution in [0.1, 0.15) is 21.3 Å². The molecule has 1 amide bonds. The number of thiophene rings is 1. The number of halogens is 3. The maximum atomic E-state index is 13.4. The highest BCUT2D eigenvalue weighted by Gasteiger charge is 2.29. The van der Waals surface area contributed by atoms with E-state index in [-0.39, 0.29) is 30.2 Å². The molecule has 0 radical (unpaired) electrons. The fourth-order valence-electron chi connectivity index (χ4n) is 2.53. The van der Waals surface area contributed by atoms with E-state index in [1.807, 2.05) is 6.07 Å². The minimum Gasteiger partial charge on any atom is -0.328 e. The average Bonchev–Trinajstić information content (AvgIpc) is 2.93. The minimum absolute atomic E-state index is 0. The van der Waals surface area contributed by atoms with Crippen LogP contribution in [0.3, 0.4) is 0 Å². The highest BCUT2D eigenvalue weighted by atomic mass is 35.5. The van der Waals surface area contributed by atoms with Crippen LogP contribution >= 0.6 is 35.3 Å². The maximum Gasteiger partial charge on any atom is 0.264 e. The van der Waals surface area contributed by atoms with Gasteiger partial charge in [-0.1, -0.05) is 23.7 Å². The molecule has 0 aliphatic carbocycles. The molecule has 3 nitrogen and oxygen atoms in total. The topological polar surface area (TPSA) is 32.3 Å². The van der Waals surface area contributed by atoms with Crippen LogP contribution in [0.5, 0.6) is 0 Å². The molecule has 3 rings (SSSR count). The lowest BCUT2D eigenvalue weighted by molar-refractivity contribution is 0.0639. The summed E-state index contributed by atoms with van der Waals surface area (Å²) in [5.41, 5.74) is 0.804. The summed E-state index contributed by atoms with van der Waals surface area (Å²) in [5.74, 6) is -0.340. The maximum absolute atomic E-state index is 13.4. The molecule has 1 N–H and O–H groups in total. The monoisotopic (exact) mass is 360 g/mol. The molecule has 1 aromatic carbocycles. The lowest BCUT2D eigenvalue weighted by Gasteiger charge is -2.36. The summed E-state index contributed by atoms with van der Waals surface area (Å²) in [6, 6.07) is 9.71. The lowest BCUT2D eigenvalue weighted by Crippen LogP contribution is -2.48. The summed E-state index contributed by atoms with van der Waals surface area (Å²) < 4.78 is 14.0. The van der Waals surface area contributed by atoms with Crippen LogP contribution in [-0.2, 0) is 0 Å². The van der Waals surface area contributed by atoms with Crippen molar-refractivity contribution in [3.05, 3.63) is 57.0 Å². The molecule has 0 bridgehead atoms. The van der Waals surface area contributed by atoms with Crippen molar-refractivity contribution >= 4 is 41.3 Å². The number of nitrogens with zero attached hydrogens (tertiary/aromatic N) is 1. The van der Waals surface area contributed by atoms with Gasteiger partial charge in [-0.25, -0.2) is 4.39 Å². The van der Waals surface area contributed by atoms with Crippen LogP contribution in [0.2, 0.25) is 4.34 Å². The molecule has 1 unspecified atom stereocenters. The summed E-state index contributed by atoms with van der Waals surface area (Å²) in [7, 11) is 0. The van der Waals surface area contributed by atoms with Crippen molar-refractivity contribution in [3.8, 4) is 0 Å². The fourth-order valence-corrected chi connectivity index (χ4v) is 3.53. The molecular weight excluding hydrogens is 346 g/mol. The van der Waals surface area contributed by atoms with Crippen LogP contribution in [0.4, 0.5) is 4.39 Å². The normalized spacial score (nSPS) is 17.9. The molecule has 1 aliphatic rings. The third kappa shape index (κ3) is 3.60. The standard InChI is InChI=1S/C15H14ClFN2OS.ClH/c16-14-5-4-13(21-14)15(20)19-7-6-18-9-12(19)10-2-1-3-11(17)8-10;/h1-5,8,12,18H,6-7,9H2;1H. The number of amides is 1. The van der Waals surface area contributed by atoms with Crippen molar-refractivity contribution in [2.45, 2.75) is 6.04 Å².